The van der Waals surface area contributed by atoms with Crippen LogP contribution in [0.5, 0.6) is 5.75 Å². The van der Waals surface area contributed by atoms with Gasteiger partial charge in [0.2, 0.25) is 0 Å². The van der Waals surface area contributed by atoms with Gasteiger partial charge in [-0.15, -0.1) is 5.10 Å². The van der Waals surface area contributed by atoms with Crippen LogP contribution in [0.3, 0.4) is 0 Å². The van der Waals surface area contributed by atoms with E-state index in [9.17, 15) is 4.79 Å². The molecule has 0 atom stereocenters. The average Bonchev–Trinajstić information content (AvgIpc) is 2.98. The van der Waals surface area contributed by atoms with Crippen molar-refractivity contribution in [2.24, 2.45) is 0 Å². The van der Waals surface area contributed by atoms with Crippen LogP contribution in [-0.2, 0) is 6.54 Å². The highest BCUT2D eigenvalue weighted by Crippen LogP contribution is 2.28. The molecule has 0 aliphatic heterocycles. The van der Waals surface area contributed by atoms with Gasteiger partial charge in [-0.05, 0) is 30.7 Å². The van der Waals surface area contributed by atoms with E-state index in [1.54, 1.807) is 18.2 Å². The number of nitrogens with one attached hydrogen (secondary N) is 1. The van der Waals surface area contributed by atoms with Gasteiger partial charge in [0, 0.05) is 5.02 Å². The summed E-state index contributed by atoms with van der Waals surface area (Å²) >= 11 is 5.98. The second-order valence-corrected chi connectivity index (χ2v) is 6.20. The van der Waals surface area contributed by atoms with Gasteiger partial charge in [0.15, 0.2) is 11.5 Å². The first-order valence-electron chi connectivity index (χ1n) is 7.87. The van der Waals surface area contributed by atoms with Gasteiger partial charge in [0.25, 0.3) is 5.91 Å². The lowest BCUT2D eigenvalue weighted by Gasteiger charge is -2.10. The number of hydrogen-bond donors (Lipinski definition) is 2. The van der Waals surface area contributed by atoms with E-state index in [0.717, 1.165) is 11.1 Å². The van der Waals surface area contributed by atoms with Crippen molar-refractivity contribution in [3.8, 4) is 5.75 Å². The van der Waals surface area contributed by atoms with Crippen LogP contribution in [0.15, 0.2) is 42.5 Å². The van der Waals surface area contributed by atoms with Gasteiger partial charge in [-0.25, -0.2) is 4.68 Å². The number of halogens is 1. The fraction of sp³-hybridized carbons (Fsp3) is 0.167. The van der Waals surface area contributed by atoms with Crippen LogP contribution in [-0.4, -0.2) is 28.0 Å². The molecule has 8 heteroatoms. The fourth-order valence-corrected chi connectivity index (χ4v) is 2.60. The van der Waals surface area contributed by atoms with Crippen LogP contribution < -0.4 is 15.8 Å². The van der Waals surface area contributed by atoms with E-state index in [4.69, 9.17) is 22.1 Å². The molecule has 1 heterocycles. The number of nitrogens with two attached hydrogens (primary N) is 1. The largest absolute Gasteiger partial charge is 0.495 e. The number of benzene rings is 2. The topological polar surface area (TPSA) is 95.1 Å². The molecular formula is C18H18ClN5O2. The van der Waals surface area contributed by atoms with Gasteiger partial charge in [-0.1, -0.05) is 46.6 Å². The highest BCUT2D eigenvalue weighted by molar-refractivity contribution is 6.31. The number of rotatable bonds is 5. The maximum absolute atomic E-state index is 12.5. The van der Waals surface area contributed by atoms with Gasteiger partial charge >= 0.3 is 0 Å². The molecule has 2 aromatic carbocycles. The summed E-state index contributed by atoms with van der Waals surface area (Å²) in [4.78, 5) is 12.5. The highest BCUT2D eigenvalue weighted by Gasteiger charge is 2.19. The molecule has 7 nitrogen and oxygen atoms in total. The van der Waals surface area contributed by atoms with Crippen molar-refractivity contribution < 1.29 is 9.53 Å². The summed E-state index contributed by atoms with van der Waals surface area (Å²) in [6.45, 7) is 2.44. The van der Waals surface area contributed by atoms with E-state index < -0.39 is 5.91 Å². The Kier molecular flexibility index (Phi) is 5.09. The first-order valence-corrected chi connectivity index (χ1v) is 8.25. The lowest BCUT2D eigenvalue weighted by Crippen LogP contribution is -2.16. The van der Waals surface area contributed by atoms with Gasteiger partial charge in [0.1, 0.15) is 5.75 Å². The number of aryl methyl sites for hydroxylation is 1. The molecule has 0 spiro atoms. The number of hydrogen-bond acceptors (Lipinski definition) is 5. The average molecular weight is 372 g/mol. The normalized spacial score (nSPS) is 10.6. The van der Waals surface area contributed by atoms with E-state index in [1.807, 2.05) is 31.2 Å². The summed E-state index contributed by atoms with van der Waals surface area (Å²) in [5.74, 6) is 0.177. The molecule has 0 aliphatic rings. The number of amides is 1. The monoisotopic (exact) mass is 371 g/mol. The second kappa shape index (κ2) is 7.45. The molecular weight excluding hydrogens is 354 g/mol. The molecule has 0 radical (unpaired) electrons. The number of carbonyl (C=O) groups excluding carboxylic acids is 1. The van der Waals surface area contributed by atoms with Crippen molar-refractivity contribution in [3.63, 3.8) is 0 Å². The number of carbonyl (C=O) groups is 1. The molecule has 0 aliphatic carbocycles. The van der Waals surface area contributed by atoms with Crippen LogP contribution in [0.1, 0.15) is 21.6 Å². The zero-order valence-electron chi connectivity index (χ0n) is 14.4. The Balaban J connectivity index is 1.80. The molecule has 0 saturated carbocycles. The highest BCUT2D eigenvalue weighted by atomic mass is 35.5. The standard InChI is InChI=1S/C18H18ClN5O2/c1-11-3-5-12(6-4-11)10-24-17(20)16(22-23-24)18(25)21-14-9-13(19)7-8-15(14)26-2/h3-9H,10,20H2,1-2H3,(H,21,25). The van der Waals surface area contributed by atoms with E-state index in [0.29, 0.717) is 23.0 Å². The van der Waals surface area contributed by atoms with Gasteiger partial charge in [-0.2, -0.15) is 0 Å². The van der Waals surface area contributed by atoms with Crippen LogP contribution in [0.25, 0.3) is 0 Å². The number of nitrogens with zero attached hydrogens (tertiary/aromatic N) is 3. The van der Waals surface area contributed by atoms with Gasteiger partial charge in [-0.3, -0.25) is 4.79 Å². The molecule has 0 saturated heterocycles. The van der Waals surface area contributed by atoms with Crippen LogP contribution in [0.2, 0.25) is 5.02 Å². The number of aromatic nitrogens is 3. The Morgan fingerprint density at radius 2 is 2.00 bits per heavy atom. The molecule has 1 aromatic heterocycles. The van der Waals surface area contributed by atoms with Gasteiger partial charge in [0.05, 0.1) is 19.3 Å². The molecule has 3 rings (SSSR count). The molecule has 134 valence electrons. The predicted octanol–water partition coefficient (Wildman–Crippen LogP) is 3.13. The van der Waals surface area contributed by atoms with E-state index in [1.165, 1.54) is 11.8 Å². The molecule has 3 aromatic rings. The third-order valence-electron chi connectivity index (χ3n) is 3.85. The molecule has 0 bridgehead atoms. The lowest BCUT2D eigenvalue weighted by atomic mass is 10.1. The Bertz CT molecular complexity index is 937. The zero-order valence-corrected chi connectivity index (χ0v) is 15.1. The number of methoxy groups -OCH3 is 1. The summed E-state index contributed by atoms with van der Waals surface area (Å²) in [5, 5.41) is 11.1. The minimum absolute atomic E-state index is 0.0409. The molecule has 3 N–H and O–H groups in total. The van der Waals surface area contributed by atoms with Crippen molar-refractivity contribution >= 4 is 29.0 Å². The smallest absolute Gasteiger partial charge is 0.280 e. The van der Waals surface area contributed by atoms with E-state index >= 15 is 0 Å². The minimum atomic E-state index is -0.488. The molecule has 0 fully saturated rings. The SMILES string of the molecule is COc1ccc(Cl)cc1NC(=O)c1nnn(Cc2ccc(C)cc2)c1N. The van der Waals surface area contributed by atoms with E-state index in [2.05, 4.69) is 15.6 Å². The molecule has 26 heavy (non-hydrogen) atoms. The Morgan fingerprint density at radius 3 is 2.69 bits per heavy atom. The summed E-state index contributed by atoms with van der Waals surface area (Å²) in [7, 11) is 1.51. The van der Waals surface area contributed by atoms with Crippen molar-refractivity contribution in [1.82, 2.24) is 15.0 Å². The maximum Gasteiger partial charge on any atom is 0.280 e. The molecule has 1 amide bonds. The molecule has 0 unspecified atom stereocenters. The van der Waals surface area contributed by atoms with Crippen molar-refractivity contribution in [2.45, 2.75) is 13.5 Å². The quantitative estimate of drug-likeness (QED) is 0.718. The van der Waals surface area contributed by atoms with E-state index in [-0.39, 0.29) is 11.5 Å². The lowest BCUT2D eigenvalue weighted by molar-refractivity contribution is 0.102. The Morgan fingerprint density at radius 1 is 1.27 bits per heavy atom. The number of anilines is 2. The zero-order chi connectivity index (χ0) is 18.7. The van der Waals surface area contributed by atoms with Crippen LogP contribution in [0.4, 0.5) is 11.5 Å². The third kappa shape index (κ3) is 3.78. The second-order valence-electron chi connectivity index (χ2n) is 5.77. The van der Waals surface area contributed by atoms with Gasteiger partial charge < -0.3 is 15.8 Å². The first-order chi connectivity index (χ1) is 12.5. The Hall–Kier alpha value is -3.06. The predicted molar refractivity (Wildman–Crippen MR) is 101 cm³/mol. The maximum atomic E-state index is 12.5. The summed E-state index contributed by atoms with van der Waals surface area (Å²) in [6.07, 6.45) is 0. The fourth-order valence-electron chi connectivity index (χ4n) is 2.42. The Labute approximate surface area is 155 Å². The summed E-state index contributed by atoms with van der Waals surface area (Å²) < 4.78 is 6.70. The number of ether oxygens (including phenoxy) is 1. The van der Waals surface area contributed by atoms with Crippen molar-refractivity contribution in [1.29, 1.82) is 0 Å². The minimum Gasteiger partial charge on any atom is -0.495 e. The van der Waals surface area contributed by atoms with Crippen LogP contribution >= 0.6 is 11.6 Å². The third-order valence-corrected chi connectivity index (χ3v) is 4.09. The van der Waals surface area contributed by atoms with Crippen molar-refractivity contribution in [2.75, 3.05) is 18.2 Å². The summed E-state index contributed by atoms with van der Waals surface area (Å²) in [6, 6.07) is 12.9. The first kappa shape index (κ1) is 17.8. The summed E-state index contributed by atoms with van der Waals surface area (Å²) in [5.41, 5.74) is 8.70. The number of nitrogen functional groups attached to an aromatic ring is 1. The van der Waals surface area contributed by atoms with Crippen LogP contribution in [0, 0.1) is 6.92 Å². The van der Waals surface area contributed by atoms with Crippen molar-refractivity contribution in [3.05, 3.63) is 64.3 Å².